The van der Waals surface area contributed by atoms with E-state index < -0.39 is 0 Å². The van der Waals surface area contributed by atoms with E-state index in [2.05, 4.69) is 5.32 Å². The fourth-order valence-corrected chi connectivity index (χ4v) is 3.88. The van der Waals surface area contributed by atoms with Gasteiger partial charge in [-0.15, -0.1) is 0 Å². The van der Waals surface area contributed by atoms with Crippen molar-refractivity contribution in [3.05, 3.63) is 29.7 Å². The Kier molecular flexibility index (Phi) is 4.80. The van der Waals surface area contributed by atoms with Gasteiger partial charge in [0.25, 0.3) is 0 Å². The minimum atomic E-state index is -0.0653. The largest absolute Gasteiger partial charge is 0.619 e. The first-order chi connectivity index (χ1) is 10.7. The molecule has 1 aromatic rings. The smallest absolute Gasteiger partial charge is 0.322 e. The monoisotopic (exact) mass is 303 g/mol. The minimum Gasteiger partial charge on any atom is -0.619 e. The molecule has 1 saturated heterocycles. The second-order valence-corrected chi connectivity index (χ2v) is 6.61. The number of carbonyl (C=O) groups excluding carboxylic acids is 1. The molecule has 1 aliphatic heterocycles. The maximum Gasteiger partial charge on any atom is 0.322 e. The molecule has 1 aromatic heterocycles. The number of hydrogen-bond donors (Lipinski definition) is 1. The molecular weight excluding hydrogens is 278 g/mol. The molecule has 3 rings (SSSR count). The number of urea groups is 1. The fourth-order valence-electron chi connectivity index (χ4n) is 3.88. The predicted octanol–water partition coefficient (Wildman–Crippen LogP) is 3.29. The number of nitrogens with one attached hydrogen (secondary N) is 1. The first-order valence-electron chi connectivity index (χ1n) is 8.49. The van der Waals surface area contributed by atoms with Crippen molar-refractivity contribution < 1.29 is 9.52 Å². The van der Waals surface area contributed by atoms with E-state index in [0.717, 1.165) is 31.7 Å². The SMILES string of the molecule is O=C(Nc1ccc[n+]([O-])c1)N1CCCC1CC1CCCCC1. The Morgan fingerprint density at radius 1 is 1.27 bits per heavy atom. The van der Waals surface area contributed by atoms with Crippen molar-refractivity contribution in [2.24, 2.45) is 5.92 Å². The number of rotatable bonds is 3. The lowest BCUT2D eigenvalue weighted by Crippen LogP contribution is -2.40. The summed E-state index contributed by atoms with van der Waals surface area (Å²) in [5.41, 5.74) is 0.561. The van der Waals surface area contributed by atoms with Gasteiger partial charge in [-0.3, -0.25) is 0 Å². The maximum atomic E-state index is 12.5. The summed E-state index contributed by atoms with van der Waals surface area (Å²) in [5, 5.41) is 14.1. The van der Waals surface area contributed by atoms with E-state index in [9.17, 15) is 10.0 Å². The summed E-state index contributed by atoms with van der Waals surface area (Å²) in [4.78, 5) is 14.5. The molecule has 0 radical (unpaired) electrons. The standard InChI is InChI=1S/C17H25N3O2/c21-17(18-15-8-4-10-19(22)13-15)20-11-5-9-16(20)12-14-6-2-1-3-7-14/h4,8,10,13-14,16H,1-3,5-7,9,11-12H2,(H,18,21). The molecule has 1 N–H and O–H groups in total. The summed E-state index contributed by atoms with van der Waals surface area (Å²) in [6.07, 6.45) is 12.8. The molecule has 22 heavy (non-hydrogen) atoms. The first-order valence-corrected chi connectivity index (χ1v) is 8.49. The third-order valence-corrected chi connectivity index (χ3v) is 4.99. The summed E-state index contributed by atoms with van der Waals surface area (Å²) >= 11 is 0. The van der Waals surface area contributed by atoms with Crippen LogP contribution in [-0.2, 0) is 0 Å². The predicted molar refractivity (Wildman–Crippen MR) is 85.3 cm³/mol. The van der Waals surface area contributed by atoms with Crippen molar-refractivity contribution in [1.29, 1.82) is 0 Å². The van der Waals surface area contributed by atoms with Crippen LogP contribution in [0.25, 0.3) is 0 Å². The Labute approximate surface area is 131 Å². The molecule has 5 nitrogen and oxygen atoms in total. The number of likely N-dealkylation sites (tertiary alicyclic amines) is 1. The average Bonchev–Trinajstić information content (AvgIpc) is 2.96. The van der Waals surface area contributed by atoms with Gasteiger partial charge < -0.3 is 15.4 Å². The third-order valence-electron chi connectivity index (χ3n) is 4.99. The zero-order valence-corrected chi connectivity index (χ0v) is 13.0. The Balaban J connectivity index is 1.58. The molecule has 1 aliphatic carbocycles. The van der Waals surface area contributed by atoms with Gasteiger partial charge in [-0.1, -0.05) is 32.1 Å². The molecule has 0 spiro atoms. The van der Waals surface area contributed by atoms with E-state index >= 15 is 0 Å². The summed E-state index contributed by atoms with van der Waals surface area (Å²) in [7, 11) is 0. The molecule has 0 bridgehead atoms. The minimum absolute atomic E-state index is 0.0653. The lowest BCUT2D eigenvalue weighted by molar-refractivity contribution is -0.604. The molecule has 1 unspecified atom stereocenters. The molecule has 1 saturated carbocycles. The number of carbonyl (C=O) groups is 1. The zero-order valence-electron chi connectivity index (χ0n) is 13.0. The van der Waals surface area contributed by atoms with Crippen LogP contribution in [0.4, 0.5) is 10.5 Å². The molecule has 120 valence electrons. The van der Waals surface area contributed by atoms with Gasteiger partial charge in [0.2, 0.25) is 6.20 Å². The van der Waals surface area contributed by atoms with Crippen LogP contribution >= 0.6 is 0 Å². The highest BCUT2D eigenvalue weighted by molar-refractivity contribution is 5.89. The van der Waals surface area contributed by atoms with Gasteiger partial charge in [0.15, 0.2) is 6.20 Å². The van der Waals surface area contributed by atoms with Gasteiger partial charge >= 0.3 is 6.03 Å². The summed E-state index contributed by atoms with van der Waals surface area (Å²) in [6, 6.07) is 3.70. The van der Waals surface area contributed by atoms with Crippen LogP contribution in [0, 0.1) is 11.1 Å². The molecule has 2 amide bonds. The summed E-state index contributed by atoms with van der Waals surface area (Å²) < 4.78 is 0.707. The number of amides is 2. The second kappa shape index (κ2) is 6.99. The number of aromatic nitrogens is 1. The van der Waals surface area contributed by atoms with Crippen molar-refractivity contribution in [1.82, 2.24) is 4.90 Å². The third kappa shape index (κ3) is 3.70. The van der Waals surface area contributed by atoms with Crippen molar-refractivity contribution >= 4 is 11.7 Å². The van der Waals surface area contributed by atoms with Crippen molar-refractivity contribution in [2.45, 2.75) is 57.4 Å². The number of hydrogen-bond acceptors (Lipinski definition) is 2. The maximum absolute atomic E-state index is 12.5. The van der Waals surface area contributed by atoms with Crippen LogP contribution < -0.4 is 10.0 Å². The first kappa shape index (κ1) is 15.1. The Morgan fingerprint density at radius 3 is 2.86 bits per heavy atom. The number of nitrogens with zero attached hydrogens (tertiary/aromatic N) is 2. The molecule has 1 atom stereocenters. The van der Waals surface area contributed by atoms with Crippen molar-refractivity contribution in [3.8, 4) is 0 Å². The van der Waals surface area contributed by atoms with Gasteiger partial charge in [-0.05, 0) is 31.2 Å². The van der Waals surface area contributed by atoms with E-state index in [4.69, 9.17) is 0 Å². The van der Waals surface area contributed by atoms with Gasteiger partial charge in [-0.2, -0.15) is 4.73 Å². The molecule has 2 fully saturated rings. The Morgan fingerprint density at radius 2 is 2.09 bits per heavy atom. The fraction of sp³-hybridized carbons (Fsp3) is 0.647. The molecule has 2 aliphatic rings. The average molecular weight is 303 g/mol. The summed E-state index contributed by atoms with van der Waals surface area (Å²) in [5.74, 6) is 0.785. The normalized spacial score (nSPS) is 22.7. The van der Waals surface area contributed by atoms with E-state index in [1.165, 1.54) is 44.5 Å². The zero-order chi connectivity index (χ0) is 15.4. The number of pyridine rings is 1. The molecule has 5 heteroatoms. The molecular formula is C17H25N3O2. The number of anilines is 1. The van der Waals surface area contributed by atoms with E-state index in [-0.39, 0.29) is 6.03 Å². The van der Waals surface area contributed by atoms with Crippen molar-refractivity contribution in [2.75, 3.05) is 11.9 Å². The lowest BCUT2D eigenvalue weighted by Gasteiger charge is -2.30. The quantitative estimate of drug-likeness (QED) is 0.688. The van der Waals surface area contributed by atoms with Crippen LogP contribution in [0.3, 0.4) is 0 Å². The Hall–Kier alpha value is -1.78. The molecule has 0 aromatic carbocycles. The van der Waals surface area contributed by atoms with Crippen LogP contribution in [0.5, 0.6) is 0 Å². The highest BCUT2D eigenvalue weighted by Crippen LogP contribution is 2.32. The van der Waals surface area contributed by atoms with Gasteiger partial charge in [0.1, 0.15) is 5.69 Å². The van der Waals surface area contributed by atoms with Gasteiger partial charge in [0.05, 0.1) is 0 Å². The van der Waals surface area contributed by atoms with Gasteiger partial charge in [-0.25, -0.2) is 4.79 Å². The second-order valence-electron chi connectivity index (χ2n) is 6.61. The van der Waals surface area contributed by atoms with E-state index in [1.807, 2.05) is 4.90 Å². The van der Waals surface area contributed by atoms with E-state index in [0.29, 0.717) is 16.5 Å². The topological polar surface area (TPSA) is 59.3 Å². The van der Waals surface area contributed by atoms with Gasteiger partial charge in [0, 0.05) is 18.7 Å². The highest BCUT2D eigenvalue weighted by atomic mass is 16.5. The summed E-state index contributed by atoms with van der Waals surface area (Å²) in [6.45, 7) is 0.827. The van der Waals surface area contributed by atoms with Crippen LogP contribution in [0.1, 0.15) is 51.4 Å². The van der Waals surface area contributed by atoms with Crippen LogP contribution in [0.2, 0.25) is 0 Å². The lowest BCUT2D eigenvalue weighted by atomic mass is 9.84. The van der Waals surface area contributed by atoms with Crippen LogP contribution in [0.15, 0.2) is 24.5 Å². The van der Waals surface area contributed by atoms with E-state index in [1.54, 1.807) is 12.1 Å². The van der Waals surface area contributed by atoms with Crippen molar-refractivity contribution in [3.63, 3.8) is 0 Å². The molecule has 2 heterocycles. The van der Waals surface area contributed by atoms with Crippen LogP contribution in [-0.4, -0.2) is 23.5 Å². The highest BCUT2D eigenvalue weighted by Gasteiger charge is 2.31. The Bertz CT molecular complexity index is 514.